The largest absolute Gasteiger partial charge is 0.394 e. The van der Waals surface area contributed by atoms with Gasteiger partial charge in [-0.3, -0.25) is 4.57 Å². The molecule has 1 aliphatic rings. The molecule has 3 heterocycles. The van der Waals surface area contributed by atoms with Gasteiger partial charge in [-0.25, -0.2) is 4.98 Å². The Morgan fingerprint density at radius 1 is 1.35 bits per heavy atom. The van der Waals surface area contributed by atoms with E-state index in [2.05, 4.69) is 15.0 Å². The van der Waals surface area contributed by atoms with Gasteiger partial charge in [-0.05, 0) is 0 Å². The van der Waals surface area contributed by atoms with Gasteiger partial charge in [0.15, 0.2) is 17.0 Å². The summed E-state index contributed by atoms with van der Waals surface area (Å²) in [5.41, 5.74) is 0.170. The van der Waals surface area contributed by atoms with Gasteiger partial charge < -0.3 is 20.1 Å². The fraction of sp³-hybridized carbons (Fsp3) is 0.500. The van der Waals surface area contributed by atoms with Crippen LogP contribution in [-0.4, -0.2) is 59.8 Å². The molecule has 1 fully saturated rings. The molecule has 1 aliphatic heterocycles. The zero-order valence-corrected chi connectivity index (χ0v) is 10.6. The number of halogens is 2. The molecule has 0 aliphatic carbocycles. The highest BCUT2D eigenvalue weighted by Gasteiger charge is 2.44. The molecule has 0 bridgehead atoms. The lowest BCUT2D eigenvalue weighted by molar-refractivity contribution is -0.0511. The van der Waals surface area contributed by atoms with E-state index in [1.807, 2.05) is 0 Å². The topological polar surface area (TPSA) is 114 Å². The molecule has 20 heavy (non-hydrogen) atoms. The van der Waals surface area contributed by atoms with Crippen molar-refractivity contribution in [2.75, 3.05) is 6.61 Å². The quantitative estimate of drug-likeness (QED) is 0.493. The minimum absolute atomic E-state index is 0.0253. The van der Waals surface area contributed by atoms with Gasteiger partial charge in [0.1, 0.15) is 23.8 Å². The minimum Gasteiger partial charge on any atom is -0.394 e. The number of imidazole rings is 1. The summed E-state index contributed by atoms with van der Waals surface area (Å²) in [5, 5.41) is 28.5. The van der Waals surface area contributed by atoms with Crippen LogP contribution in [0.15, 0.2) is 6.33 Å². The van der Waals surface area contributed by atoms with E-state index in [-0.39, 0.29) is 16.3 Å². The zero-order valence-electron chi connectivity index (χ0n) is 9.89. The Bertz CT molecular complexity index is 653. The van der Waals surface area contributed by atoms with Gasteiger partial charge in [-0.15, -0.1) is 0 Å². The van der Waals surface area contributed by atoms with E-state index < -0.39 is 37.2 Å². The summed E-state index contributed by atoms with van der Waals surface area (Å²) in [7, 11) is 0. The van der Waals surface area contributed by atoms with Gasteiger partial charge in [0, 0.05) is 0 Å². The van der Waals surface area contributed by atoms with E-state index in [0.717, 1.165) is 0 Å². The Morgan fingerprint density at radius 2 is 2.10 bits per heavy atom. The third-order valence-corrected chi connectivity index (χ3v) is 3.41. The molecular formula is C10H10ClFN4O4. The van der Waals surface area contributed by atoms with Crippen LogP contribution in [-0.2, 0) is 4.74 Å². The minimum atomic E-state index is -1.32. The fourth-order valence-electron chi connectivity index (χ4n) is 2.15. The standard InChI is InChI=1S/C10H10ClFN4O4/c11-7-4-8(15-10(12)14-7)16(2-13-4)9-6(19)5(18)3(1-17)20-9/h2-3,5-6,9,17-19H,1H2/t3-,5-,6-,9?/m1/s1. The third kappa shape index (κ3) is 1.95. The van der Waals surface area contributed by atoms with Crippen LogP contribution in [0.5, 0.6) is 0 Å². The number of nitrogens with zero attached hydrogens (tertiary/aromatic N) is 4. The van der Waals surface area contributed by atoms with Crippen molar-refractivity contribution in [2.24, 2.45) is 0 Å². The molecule has 1 unspecified atom stereocenters. The predicted molar refractivity (Wildman–Crippen MR) is 63.3 cm³/mol. The molecule has 0 amide bonds. The van der Waals surface area contributed by atoms with Gasteiger partial charge in [0.25, 0.3) is 0 Å². The van der Waals surface area contributed by atoms with E-state index >= 15 is 0 Å². The second-order valence-electron chi connectivity index (χ2n) is 4.34. The first kappa shape index (κ1) is 13.6. The molecule has 8 nitrogen and oxygen atoms in total. The second-order valence-corrected chi connectivity index (χ2v) is 4.69. The zero-order chi connectivity index (χ0) is 14.4. The van der Waals surface area contributed by atoms with Crippen molar-refractivity contribution in [1.82, 2.24) is 19.5 Å². The molecule has 4 atom stereocenters. The van der Waals surface area contributed by atoms with Crippen LogP contribution >= 0.6 is 11.6 Å². The molecule has 0 saturated carbocycles. The number of aliphatic hydroxyl groups excluding tert-OH is 3. The lowest BCUT2D eigenvalue weighted by Crippen LogP contribution is -2.33. The molecule has 3 rings (SSSR count). The number of rotatable bonds is 2. The maximum atomic E-state index is 13.2. The Labute approximate surface area is 116 Å². The summed E-state index contributed by atoms with van der Waals surface area (Å²) in [6.07, 6.45) is -4.40. The van der Waals surface area contributed by atoms with E-state index in [1.54, 1.807) is 0 Å². The molecule has 2 aromatic heterocycles. The van der Waals surface area contributed by atoms with E-state index in [0.29, 0.717) is 0 Å². The van der Waals surface area contributed by atoms with E-state index in [9.17, 15) is 14.6 Å². The normalized spacial score (nSPS) is 30.2. The fourth-order valence-corrected chi connectivity index (χ4v) is 2.36. The van der Waals surface area contributed by atoms with Crippen LogP contribution in [0.3, 0.4) is 0 Å². The maximum Gasteiger partial charge on any atom is 0.312 e. The Balaban J connectivity index is 2.07. The highest BCUT2D eigenvalue weighted by molar-refractivity contribution is 6.33. The van der Waals surface area contributed by atoms with Crippen LogP contribution in [0, 0.1) is 6.08 Å². The summed E-state index contributed by atoms with van der Waals surface area (Å²) >= 11 is 5.74. The third-order valence-electron chi connectivity index (χ3n) is 3.14. The van der Waals surface area contributed by atoms with Crippen LogP contribution in [0.25, 0.3) is 11.2 Å². The number of hydrogen-bond acceptors (Lipinski definition) is 7. The Hall–Kier alpha value is -1.39. The van der Waals surface area contributed by atoms with Gasteiger partial charge in [0.2, 0.25) is 0 Å². The summed E-state index contributed by atoms with van der Waals surface area (Å²) in [5.74, 6) is 0. The molecule has 2 aromatic rings. The number of ether oxygens (including phenoxy) is 1. The van der Waals surface area contributed by atoms with Crippen molar-refractivity contribution in [3.05, 3.63) is 17.6 Å². The molecule has 3 N–H and O–H groups in total. The van der Waals surface area contributed by atoms with Crippen molar-refractivity contribution in [3.63, 3.8) is 0 Å². The smallest absolute Gasteiger partial charge is 0.312 e. The van der Waals surface area contributed by atoms with Crippen LogP contribution in [0.4, 0.5) is 4.39 Å². The molecule has 108 valence electrons. The van der Waals surface area contributed by atoms with Crippen molar-refractivity contribution < 1.29 is 24.4 Å². The van der Waals surface area contributed by atoms with E-state index in [1.165, 1.54) is 10.9 Å². The van der Waals surface area contributed by atoms with Gasteiger partial charge in [-0.2, -0.15) is 14.4 Å². The molecular weight excluding hydrogens is 295 g/mol. The average molecular weight is 305 g/mol. The summed E-state index contributed by atoms with van der Waals surface area (Å²) in [4.78, 5) is 10.8. The first-order chi connectivity index (χ1) is 9.52. The molecule has 0 aromatic carbocycles. The molecule has 0 spiro atoms. The molecule has 1 saturated heterocycles. The summed E-state index contributed by atoms with van der Waals surface area (Å²) in [6, 6.07) is 0. The van der Waals surface area contributed by atoms with Crippen molar-refractivity contribution in [1.29, 1.82) is 0 Å². The SMILES string of the molecule is OC[C@H]1OC(n2cnc3c(Cl)nc(F)nc32)[C@H](O)[C@@H]1O. The summed E-state index contributed by atoms with van der Waals surface area (Å²) < 4.78 is 19.8. The second kappa shape index (κ2) is 4.86. The first-order valence-corrected chi connectivity index (χ1v) is 6.08. The molecule has 10 heteroatoms. The lowest BCUT2D eigenvalue weighted by Gasteiger charge is -2.16. The van der Waals surface area contributed by atoms with Crippen LogP contribution in [0.1, 0.15) is 6.23 Å². The van der Waals surface area contributed by atoms with Crippen molar-refractivity contribution in [3.8, 4) is 0 Å². The lowest BCUT2D eigenvalue weighted by atomic mass is 10.1. The van der Waals surface area contributed by atoms with Crippen LogP contribution < -0.4 is 0 Å². The number of hydrogen-bond donors (Lipinski definition) is 3. The highest BCUT2D eigenvalue weighted by Crippen LogP contribution is 2.32. The summed E-state index contributed by atoms with van der Waals surface area (Å²) in [6.45, 7) is -0.467. The van der Waals surface area contributed by atoms with Crippen molar-refractivity contribution >= 4 is 22.8 Å². The average Bonchev–Trinajstić information content (AvgIpc) is 2.93. The maximum absolute atomic E-state index is 13.2. The van der Waals surface area contributed by atoms with Gasteiger partial charge in [-0.1, -0.05) is 11.6 Å². The predicted octanol–water partition coefficient (Wildman–Crippen LogP) is -0.770. The van der Waals surface area contributed by atoms with Gasteiger partial charge in [0.05, 0.1) is 12.9 Å². The number of aliphatic hydroxyl groups is 3. The Kier molecular flexibility index (Phi) is 3.30. The van der Waals surface area contributed by atoms with Gasteiger partial charge >= 0.3 is 6.08 Å². The van der Waals surface area contributed by atoms with Crippen molar-refractivity contribution in [2.45, 2.75) is 24.5 Å². The monoisotopic (exact) mass is 304 g/mol. The highest BCUT2D eigenvalue weighted by atomic mass is 35.5. The number of fused-ring (bicyclic) bond motifs is 1. The van der Waals surface area contributed by atoms with Crippen LogP contribution in [0.2, 0.25) is 5.15 Å². The Morgan fingerprint density at radius 3 is 2.75 bits per heavy atom. The molecule has 0 radical (unpaired) electrons. The van der Waals surface area contributed by atoms with E-state index in [4.69, 9.17) is 21.4 Å². The number of aromatic nitrogens is 4. The first-order valence-electron chi connectivity index (χ1n) is 5.71.